The molecule has 0 aromatic heterocycles. The monoisotopic (exact) mass is 463 g/mol. The van der Waals surface area contributed by atoms with Gasteiger partial charge in [0.05, 0.1) is 4.90 Å². The summed E-state index contributed by atoms with van der Waals surface area (Å²) in [4.78, 5) is 26.4. The van der Waals surface area contributed by atoms with Crippen LogP contribution in [-0.4, -0.2) is 32.8 Å². The zero-order chi connectivity index (χ0) is 22.8. The fourth-order valence-corrected chi connectivity index (χ4v) is 5.07. The van der Waals surface area contributed by atoms with Crippen LogP contribution in [0.15, 0.2) is 47.4 Å². The number of carbonyl (C=O) groups is 2. The third-order valence-electron chi connectivity index (χ3n) is 5.20. The van der Waals surface area contributed by atoms with Crippen molar-refractivity contribution >= 4 is 44.8 Å². The lowest BCUT2D eigenvalue weighted by molar-refractivity contribution is -0.118. The number of fused-ring (bicyclic) bond motifs is 1. The lowest BCUT2D eigenvalue weighted by Crippen LogP contribution is -2.47. The van der Waals surface area contributed by atoms with Gasteiger partial charge in [-0.05, 0) is 66.8 Å². The molecule has 0 saturated carbocycles. The van der Waals surface area contributed by atoms with E-state index < -0.39 is 22.0 Å². The highest BCUT2D eigenvalue weighted by Gasteiger charge is 2.30. The third kappa shape index (κ3) is 5.44. The predicted octanol–water partition coefficient (Wildman–Crippen LogP) is 3.58. The van der Waals surface area contributed by atoms with Crippen LogP contribution >= 0.6 is 11.6 Å². The molecule has 1 aliphatic rings. The number of hydrogen-bond donors (Lipinski definition) is 2. The molecule has 0 fully saturated rings. The minimum atomic E-state index is -3.96. The van der Waals surface area contributed by atoms with Crippen LogP contribution in [0, 0.1) is 5.92 Å². The van der Waals surface area contributed by atoms with Crippen molar-refractivity contribution in [1.82, 2.24) is 4.72 Å². The first-order chi connectivity index (χ1) is 14.6. The molecule has 2 aromatic carbocycles. The zero-order valence-corrected chi connectivity index (χ0v) is 19.3. The van der Waals surface area contributed by atoms with Gasteiger partial charge in [-0.2, -0.15) is 4.72 Å². The van der Waals surface area contributed by atoms with Crippen molar-refractivity contribution in [3.05, 3.63) is 53.1 Å². The SMILES string of the molecule is CC(=O)N1CCCc2cc(S(=O)(=O)N[C@@H](C(=O)Nc3ccc(Cl)cc3)C(C)C)ccc21. The van der Waals surface area contributed by atoms with E-state index in [0.29, 0.717) is 23.7 Å². The Bertz CT molecular complexity index is 1080. The van der Waals surface area contributed by atoms with Crippen molar-refractivity contribution in [1.29, 1.82) is 0 Å². The van der Waals surface area contributed by atoms with Crippen LogP contribution in [0.4, 0.5) is 11.4 Å². The smallest absolute Gasteiger partial charge is 0.242 e. The maximum absolute atomic E-state index is 13.1. The molecule has 166 valence electrons. The summed E-state index contributed by atoms with van der Waals surface area (Å²) < 4.78 is 28.7. The topological polar surface area (TPSA) is 95.6 Å². The number of nitrogens with zero attached hydrogens (tertiary/aromatic N) is 1. The fraction of sp³-hybridized carbons (Fsp3) is 0.364. The molecular weight excluding hydrogens is 438 g/mol. The molecule has 31 heavy (non-hydrogen) atoms. The highest BCUT2D eigenvalue weighted by Crippen LogP contribution is 2.29. The molecule has 2 N–H and O–H groups in total. The van der Waals surface area contributed by atoms with Crippen LogP contribution in [0.5, 0.6) is 0 Å². The Morgan fingerprint density at radius 3 is 2.39 bits per heavy atom. The number of amides is 2. The summed E-state index contributed by atoms with van der Waals surface area (Å²) in [5, 5.41) is 3.26. The first-order valence-electron chi connectivity index (χ1n) is 10.1. The molecule has 1 heterocycles. The molecule has 0 unspecified atom stereocenters. The molecule has 2 amide bonds. The number of carbonyl (C=O) groups excluding carboxylic acids is 2. The van der Waals surface area contributed by atoms with E-state index in [2.05, 4.69) is 10.0 Å². The van der Waals surface area contributed by atoms with Crippen molar-refractivity contribution in [2.75, 3.05) is 16.8 Å². The van der Waals surface area contributed by atoms with Gasteiger partial charge in [-0.3, -0.25) is 9.59 Å². The summed E-state index contributed by atoms with van der Waals surface area (Å²) in [5.41, 5.74) is 2.06. The summed E-state index contributed by atoms with van der Waals surface area (Å²) in [5.74, 6) is -0.817. The summed E-state index contributed by atoms with van der Waals surface area (Å²) >= 11 is 5.87. The minimum absolute atomic E-state index is 0.0709. The molecular formula is C22H26ClN3O4S. The summed E-state index contributed by atoms with van der Waals surface area (Å²) in [7, 11) is -3.96. The van der Waals surface area contributed by atoms with Gasteiger partial charge in [-0.15, -0.1) is 0 Å². The van der Waals surface area contributed by atoms with E-state index in [-0.39, 0.29) is 16.7 Å². The van der Waals surface area contributed by atoms with Crippen molar-refractivity contribution < 1.29 is 18.0 Å². The van der Waals surface area contributed by atoms with E-state index in [1.165, 1.54) is 13.0 Å². The van der Waals surface area contributed by atoms with Gasteiger partial charge in [0.1, 0.15) is 6.04 Å². The summed E-state index contributed by atoms with van der Waals surface area (Å²) in [6, 6.07) is 10.3. The molecule has 1 atom stereocenters. The van der Waals surface area contributed by atoms with E-state index in [1.54, 1.807) is 55.1 Å². The molecule has 0 bridgehead atoms. The number of sulfonamides is 1. The lowest BCUT2D eigenvalue weighted by Gasteiger charge is -2.29. The number of benzene rings is 2. The first kappa shape index (κ1) is 23.2. The zero-order valence-electron chi connectivity index (χ0n) is 17.7. The second-order valence-electron chi connectivity index (χ2n) is 7.90. The Morgan fingerprint density at radius 1 is 1.10 bits per heavy atom. The van der Waals surface area contributed by atoms with Crippen LogP contribution < -0.4 is 14.9 Å². The average Bonchev–Trinajstić information content (AvgIpc) is 2.72. The second kappa shape index (κ2) is 9.38. The van der Waals surface area contributed by atoms with Crippen LogP contribution in [0.2, 0.25) is 5.02 Å². The quantitative estimate of drug-likeness (QED) is 0.684. The van der Waals surface area contributed by atoms with Crippen molar-refractivity contribution in [3.63, 3.8) is 0 Å². The maximum Gasteiger partial charge on any atom is 0.242 e. The van der Waals surface area contributed by atoms with Crippen LogP contribution in [0.25, 0.3) is 0 Å². The van der Waals surface area contributed by atoms with Gasteiger partial charge in [0, 0.05) is 29.9 Å². The van der Waals surface area contributed by atoms with E-state index in [4.69, 9.17) is 11.6 Å². The van der Waals surface area contributed by atoms with Gasteiger partial charge >= 0.3 is 0 Å². The van der Waals surface area contributed by atoms with Crippen molar-refractivity contribution in [3.8, 4) is 0 Å². The number of nitrogens with one attached hydrogen (secondary N) is 2. The van der Waals surface area contributed by atoms with Crippen LogP contribution in [0.3, 0.4) is 0 Å². The highest BCUT2D eigenvalue weighted by molar-refractivity contribution is 7.89. The van der Waals surface area contributed by atoms with E-state index in [1.807, 2.05) is 0 Å². The Hall–Kier alpha value is -2.42. The maximum atomic E-state index is 13.1. The van der Waals surface area contributed by atoms with Crippen LogP contribution in [-0.2, 0) is 26.0 Å². The molecule has 9 heteroatoms. The first-order valence-corrected chi connectivity index (χ1v) is 11.9. The molecule has 2 aromatic rings. The van der Waals surface area contributed by atoms with Gasteiger partial charge in [-0.1, -0.05) is 25.4 Å². The number of hydrogen-bond acceptors (Lipinski definition) is 4. The van der Waals surface area contributed by atoms with E-state index in [9.17, 15) is 18.0 Å². The Morgan fingerprint density at radius 2 is 1.77 bits per heavy atom. The largest absolute Gasteiger partial charge is 0.325 e. The molecule has 1 aliphatic heterocycles. The summed E-state index contributed by atoms with van der Waals surface area (Å²) in [6.45, 7) is 5.65. The van der Waals surface area contributed by atoms with Gasteiger partial charge in [0.25, 0.3) is 0 Å². The number of rotatable bonds is 6. The van der Waals surface area contributed by atoms with Gasteiger partial charge in [0.2, 0.25) is 21.8 Å². The normalized spacial score (nSPS) is 14.8. The summed E-state index contributed by atoms with van der Waals surface area (Å²) in [6.07, 6.45) is 1.45. The van der Waals surface area contributed by atoms with Gasteiger partial charge in [0.15, 0.2) is 0 Å². The Balaban J connectivity index is 1.82. The minimum Gasteiger partial charge on any atom is -0.325 e. The Kier molecular flexibility index (Phi) is 7.03. The molecule has 3 rings (SSSR count). The van der Waals surface area contributed by atoms with Crippen molar-refractivity contribution in [2.45, 2.75) is 44.6 Å². The molecule has 0 saturated heterocycles. The van der Waals surface area contributed by atoms with E-state index in [0.717, 1.165) is 17.7 Å². The molecule has 0 aliphatic carbocycles. The average molecular weight is 464 g/mol. The fourth-order valence-electron chi connectivity index (χ4n) is 3.55. The molecule has 0 radical (unpaired) electrons. The van der Waals surface area contributed by atoms with Crippen molar-refractivity contribution in [2.24, 2.45) is 5.92 Å². The van der Waals surface area contributed by atoms with Gasteiger partial charge in [-0.25, -0.2) is 8.42 Å². The standard InChI is InChI=1S/C22H26ClN3O4S/c1-14(2)21(22(28)24-18-8-6-17(23)7-9-18)25-31(29,30)19-10-11-20-16(13-19)5-4-12-26(20)15(3)27/h6-11,13-14,21,25H,4-5,12H2,1-3H3,(H,24,28)/t21-/m1/s1. The number of halogens is 1. The third-order valence-corrected chi connectivity index (χ3v) is 6.89. The highest BCUT2D eigenvalue weighted by atomic mass is 35.5. The molecule has 7 nitrogen and oxygen atoms in total. The number of aryl methyl sites for hydroxylation is 1. The lowest BCUT2D eigenvalue weighted by atomic mass is 10.0. The Labute approximate surface area is 187 Å². The molecule has 0 spiro atoms. The van der Waals surface area contributed by atoms with E-state index >= 15 is 0 Å². The number of anilines is 2. The van der Waals surface area contributed by atoms with Gasteiger partial charge < -0.3 is 10.2 Å². The predicted molar refractivity (Wildman–Crippen MR) is 122 cm³/mol. The van der Waals surface area contributed by atoms with Crippen LogP contribution in [0.1, 0.15) is 32.8 Å². The second-order valence-corrected chi connectivity index (χ2v) is 10.1.